The first-order chi connectivity index (χ1) is 8.39. The van der Waals surface area contributed by atoms with Gasteiger partial charge in [-0.25, -0.2) is 12.7 Å². The molecule has 1 heterocycles. The van der Waals surface area contributed by atoms with Gasteiger partial charge in [-0.3, -0.25) is 14.9 Å². The van der Waals surface area contributed by atoms with Crippen molar-refractivity contribution in [3.63, 3.8) is 0 Å². The topological polar surface area (TPSA) is 97.6 Å². The summed E-state index contributed by atoms with van der Waals surface area (Å²) in [5, 5.41) is 10.6. The molecule has 0 atom stereocenters. The number of non-ortho nitro benzene ring substituents is 1. The summed E-state index contributed by atoms with van der Waals surface area (Å²) in [5.74, 6) is -0.491. The van der Waals surface area contributed by atoms with Gasteiger partial charge in [0.1, 0.15) is 4.90 Å². The predicted octanol–water partition coefficient (Wildman–Crippen LogP) is 0.669. The third kappa shape index (κ3) is 1.75. The Labute approximate surface area is 108 Å². The smallest absolute Gasteiger partial charge is 0.268 e. The highest BCUT2D eigenvalue weighted by molar-refractivity contribution is 7.90. The lowest BCUT2D eigenvalue weighted by Gasteiger charge is -2.12. The third-order valence-electron chi connectivity index (χ3n) is 2.50. The van der Waals surface area contributed by atoms with Crippen molar-refractivity contribution in [2.75, 3.05) is 12.3 Å². The first kappa shape index (κ1) is 12.8. The molecular weight excluding hydrogens is 280 g/mol. The molecule has 0 spiro atoms. The molecule has 1 aromatic carbocycles. The zero-order valence-corrected chi connectivity index (χ0v) is 10.6. The molecule has 7 nitrogen and oxygen atoms in total. The Bertz CT molecular complexity index is 640. The van der Waals surface area contributed by atoms with E-state index in [9.17, 15) is 23.3 Å². The van der Waals surface area contributed by atoms with Gasteiger partial charge in [-0.1, -0.05) is 0 Å². The number of thiol groups is 1. The van der Waals surface area contributed by atoms with E-state index in [2.05, 4.69) is 12.6 Å². The molecule has 1 amide bonds. The molecule has 18 heavy (non-hydrogen) atoms. The first-order valence-corrected chi connectivity index (χ1v) is 6.93. The first-order valence-electron chi connectivity index (χ1n) is 4.86. The minimum absolute atomic E-state index is 0.0395. The Balaban J connectivity index is 2.62. The minimum Gasteiger partial charge on any atom is -0.268 e. The Morgan fingerprint density at radius 3 is 2.61 bits per heavy atom. The second-order valence-corrected chi connectivity index (χ2v) is 5.82. The van der Waals surface area contributed by atoms with Gasteiger partial charge in [0.15, 0.2) is 0 Å². The minimum atomic E-state index is -3.98. The van der Waals surface area contributed by atoms with Crippen LogP contribution < -0.4 is 0 Å². The van der Waals surface area contributed by atoms with Gasteiger partial charge in [0.25, 0.3) is 21.6 Å². The lowest BCUT2D eigenvalue weighted by atomic mass is 10.2. The van der Waals surface area contributed by atoms with Crippen LogP contribution in [-0.4, -0.2) is 35.9 Å². The maximum Gasteiger partial charge on any atom is 0.270 e. The van der Waals surface area contributed by atoms with Crippen LogP contribution in [0.4, 0.5) is 5.69 Å². The molecule has 1 aliphatic heterocycles. The van der Waals surface area contributed by atoms with Crippen LogP contribution in [0.5, 0.6) is 0 Å². The van der Waals surface area contributed by atoms with E-state index in [0.29, 0.717) is 4.31 Å². The molecule has 0 saturated carbocycles. The van der Waals surface area contributed by atoms with E-state index in [-0.39, 0.29) is 28.4 Å². The standard InChI is InChI=1S/C9H8N2O5S2/c12-9-7-2-1-6(11(13)14)5-8(7)18(15,16)10(9)3-4-17/h1-2,5,17H,3-4H2. The number of carbonyl (C=O) groups excluding carboxylic acids is 1. The molecule has 9 heteroatoms. The van der Waals surface area contributed by atoms with Crippen LogP contribution in [0.2, 0.25) is 0 Å². The number of carbonyl (C=O) groups is 1. The normalized spacial score (nSPS) is 16.7. The fraction of sp³-hybridized carbons (Fsp3) is 0.222. The SMILES string of the molecule is O=C1c2ccc([N+](=O)[O-])cc2S(=O)(=O)N1CCS. The van der Waals surface area contributed by atoms with E-state index in [1.165, 1.54) is 0 Å². The summed E-state index contributed by atoms with van der Waals surface area (Å²) in [5.41, 5.74) is -0.403. The number of hydrogen-bond acceptors (Lipinski definition) is 6. The number of hydrogen-bond donors (Lipinski definition) is 1. The zero-order chi connectivity index (χ0) is 13.5. The summed E-state index contributed by atoms with van der Waals surface area (Å²) >= 11 is 3.88. The second-order valence-electron chi connectivity index (χ2n) is 3.54. The van der Waals surface area contributed by atoms with E-state index in [4.69, 9.17) is 0 Å². The number of rotatable bonds is 3. The zero-order valence-electron chi connectivity index (χ0n) is 8.94. The number of nitro benzene ring substituents is 1. The Morgan fingerprint density at radius 1 is 1.39 bits per heavy atom. The summed E-state index contributed by atoms with van der Waals surface area (Å²) in [6.45, 7) is -0.0627. The van der Waals surface area contributed by atoms with Crippen LogP contribution >= 0.6 is 12.6 Å². The van der Waals surface area contributed by atoms with E-state index < -0.39 is 20.9 Å². The molecule has 0 radical (unpaired) electrons. The molecule has 0 aromatic heterocycles. The maximum absolute atomic E-state index is 12.0. The number of benzene rings is 1. The number of fused-ring (bicyclic) bond motifs is 1. The van der Waals surface area contributed by atoms with Crippen LogP contribution in [0, 0.1) is 10.1 Å². The van der Waals surface area contributed by atoms with E-state index >= 15 is 0 Å². The van der Waals surface area contributed by atoms with Crippen LogP contribution in [0.25, 0.3) is 0 Å². The summed E-state index contributed by atoms with van der Waals surface area (Å²) in [4.78, 5) is 21.4. The highest BCUT2D eigenvalue weighted by Gasteiger charge is 2.41. The number of nitrogens with zero attached hydrogens (tertiary/aromatic N) is 2. The molecule has 1 aliphatic rings. The number of amides is 1. The summed E-state index contributed by atoms with van der Waals surface area (Å²) in [6, 6.07) is 3.17. The van der Waals surface area contributed by atoms with Crippen molar-refractivity contribution < 1.29 is 18.1 Å². The van der Waals surface area contributed by atoms with Crippen LogP contribution in [0.1, 0.15) is 10.4 Å². The Morgan fingerprint density at radius 2 is 2.06 bits per heavy atom. The lowest BCUT2D eigenvalue weighted by molar-refractivity contribution is -0.385. The molecule has 96 valence electrons. The molecular formula is C9H8N2O5S2. The van der Waals surface area contributed by atoms with Gasteiger partial charge < -0.3 is 0 Å². The van der Waals surface area contributed by atoms with Gasteiger partial charge in [0.2, 0.25) is 0 Å². The largest absolute Gasteiger partial charge is 0.270 e. The Hall–Kier alpha value is -1.61. The summed E-state index contributed by atoms with van der Waals surface area (Å²) in [6.07, 6.45) is 0. The molecule has 0 N–H and O–H groups in total. The van der Waals surface area contributed by atoms with Crippen molar-refractivity contribution in [2.45, 2.75) is 4.90 Å². The summed E-state index contributed by atoms with van der Waals surface area (Å²) in [7, 11) is -3.98. The number of sulfonamides is 1. The molecule has 0 fully saturated rings. The van der Waals surface area contributed by atoms with Gasteiger partial charge in [-0.05, 0) is 6.07 Å². The maximum atomic E-state index is 12.0. The molecule has 0 aliphatic carbocycles. The van der Waals surface area contributed by atoms with E-state index in [0.717, 1.165) is 18.2 Å². The van der Waals surface area contributed by atoms with Gasteiger partial charge in [-0.15, -0.1) is 0 Å². The monoisotopic (exact) mass is 288 g/mol. The average Bonchev–Trinajstić information content (AvgIpc) is 2.51. The second kappa shape index (κ2) is 4.25. The van der Waals surface area contributed by atoms with Gasteiger partial charge >= 0.3 is 0 Å². The molecule has 1 aromatic rings. The lowest BCUT2D eigenvalue weighted by Crippen LogP contribution is -2.31. The van der Waals surface area contributed by atoms with Crippen LogP contribution in [-0.2, 0) is 10.0 Å². The highest BCUT2D eigenvalue weighted by atomic mass is 32.2. The van der Waals surface area contributed by atoms with Crippen LogP contribution in [0.15, 0.2) is 23.1 Å². The molecule has 0 unspecified atom stereocenters. The Kier molecular flexibility index (Phi) is 3.03. The molecule has 0 bridgehead atoms. The van der Waals surface area contributed by atoms with Gasteiger partial charge in [0.05, 0.1) is 10.5 Å². The molecule has 0 saturated heterocycles. The number of nitro groups is 1. The van der Waals surface area contributed by atoms with Crippen molar-refractivity contribution in [2.24, 2.45) is 0 Å². The van der Waals surface area contributed by atoms with Crippen LogP contribution in [0.3, 0.4) is 0 Å². The van der Waals surface area contributed by atoms with Crippen molar-refractivity contribution in [1.29, 1.82) is 0 Å². The third-order valence-corrected chi connectivity index (χ3v) is 4.53. The quantitative estimate of drug-likeness (QED) is 0.501. The van der Waals surface area contributed by atoms with Gasteiger partial charge in [-0.2, -0.15) is 12.6 Å². The van der Waals surface area contributed by atoms with Crippen molar-refractivity contribution >= 4 is 34.2 Å². The predicted molar refractivity (Wildman–Crippen MR) is 65.2 cm³/mol. The average molecular weight is 288 g/mol. The molecule has 2 rings (SSSR count). The summed E-state index contributed by atoms with van der Waals surface area (Å²) < 4.78 is 24.7. The van der Waals surface area contributed by atoms with Gasteiger partial charge in [0, 0.05) is 24.4 Å². The van der Waals surface area contributed by atoms with E-state index in [1.54, 1.807) is 0 Å². The van der Waals surface area contributed by atoms with E-state index in [1.807, 2.05) is 0 Å². The van der Waals surface area contributed by atoms with Crippen molar-refractivity contribution in [3.8, 4) is 0 Å². The van der Waals surface area contributed by atoms with Crippen molar-refractivity contribution in [1.82, 2.24) is 4.31 Å². The van der Waals surface area contributed by atoms with Crippen molar-refractivity contribution in [3.05, 3.63) is 33.9 Å². The fourth-order valence-electron chi connectivity index (χ4n) is 1.69. The fourth-order valence-corrected chi connectivity index (χ4v) is 3.61. The highest BCUT2D eigenvalue weighted by Crippen LogP contribution is 2.32.